The largest absolute Gasteiger partial charge is 0.437 e. The molecule has 106 valence electrons. The van der Waals surface area contributed by atoms with E-state index in [4.69, 9.17) is 27.9 Å². The third-order valence-electron chi connectivity index (χ3n) is 2.62. The summed E-state index contributed by atoms with van der Waals surface area (Å²) in [5.74, 6) is 2.48. The van der Waals surface area contributed by atoms with Gasteiger partial charge in [0.1, 0.15) is 22.4 Å². The second-order valence-corrected chi connectivity index (χ2v) is 5.29. The number of nitrogens with zero attached hydrogens (tertiary/aromatic N) is 2. The van der Waals surface area contributed by atoms with Crippen molar-refractivity contribution >= 4 is 29.0 Å². The van der Waals surface area contributed by atoms with E-state index in [0.717, 1.165) is 0 Å². The van der Waals surface area contributed by atoms with Gasteiger partial charge >= 0.3 is 0 Å². The molecule has 0 spiro atoms. The van der Waals surface area contributed by atoms with E-state index in [1.165, 1.54) is 0 Å². The molecule has 0 aliphatic heterocycles. The summed E-state index contributed by atoms with van der Waals surface area (Å²) in [6.45, 7) is 4.04. The molecule has 0 radical (unpaired) electrons. The molecule has 1 heterocycles. The SMILES string of the molecule is CNc1cc(Oc2cccc(Cl)c2Cl)nc(C(C)C)n1. The summed E-state index contributed by atoms with van der Waals surface area (Å²) in [5, 5.41) is 3.79. The van der Waals surface area contributed by atoms with Crippen LogP contribution >= 0.6 is 23.2 Å². The van der Waals surface area contributed by atoms with Crippen molar-refractivity contribution < 1.29 is 4.74 Å². The van der Waals surface area contributed by atoms with Crippen molar-refractivity contribution in [2.24, 2.45) is 0 Å². The molecule has 2 rings (SSSR count). The topological polar surface area (TPSA) is 47.0 Å². The van der Waals surface area contributed by atoms with Gasteiger partial charge in [-0.15, -0.1) is 0 Å². The summed E-state index contributed by atoms with van der Waals surface area (Å²) in [5.41, 5.74) is 0. The summed E-state index contributed by atoms with van der Waals surface area (Å²) in [7, 11) is 1.79. The molecule has 0 aliphatic carbocycles. The minimum atomic E-state index is 0.195. The fourth-order valence-corrected chi connectivity index (χ4v) is 1.89. The number of anilines is 1. The van der Waals surface area contributed by atoms with Crippen molar-refractivity contribution in [1.29, 1.82) is 0 Å². The normalized spacial score (nSPS) is 10.7. The number of halogens is 2. The van der Waals surface area contributed by atoms with E-state index in [9.17, 15) is 0 Å². The number of ether oxygens (including phenoxy) is 1. The highest BCUT2D eigenvalue weighted by Gasteiger charge is 2.11. The Morgan fingerprint density at radius 3 is 2.60 bits per heavy atom. The van der Waals surface area contributed by atoms with E-state index >= 15 is 0 Å². The number of nitrogens with one attached hydrogen (secondary N) is 1. The zero-order valence-corrected chi connectivity index (χ0v) is 13.0. The summed E-state index contributed by atoms with van der Waals surface area (Å²) in [6.07, 6.45) is 0. The lowest BCUT2D eigenvalue weighted by molar-refractivity contribution is 0.457. The smallest absolute Gasteiger partial charge is 0.224 e. The Hall–Kier alpha value is -1.52. The van der Waals surface area contributed by atoms with Crippen LogP contribution in [0.1, 0.15) is 25.6 Å². The predicted octanol–water partition coefficient (Wildman–Crippen LogP) is 4.74. The van der Waals surface area contributed by atoms with Crippen LogP contribution in [0.5, 0.6) is 11.6 Å². The Kier molecular flexibility index (Phi) is 4.68. The average molecular weight is 312 g/mol. The molecule has 0 bridgehead atoms. The minimum absolute atomic E-state index is 0.195. The lowest BCUT2D eigenvalue weighted by Gasteiger charge is -2.11. The quantitative estimate of drug-likeness (QED) is 0.885. The van der Waals surface area contributed by atoms with Crippen molar-refractivity contribution in [2.45, 2.75) is 19.8 Å². The van der Waals surface area contributed by atoms with E-state index in [0.29, 0.717) is 33.3 Å². The molecule has 0 unspecified atom stereocenters. The Morgan fingerprint density at radius 2 is 1.95 bits per heavy atom. The molecular formula is C14H15Cl2N3O. The maximum Gasteiger partial charge on any atom is 0.224 e. The van der Waals surface area contributed by atoms with Gasteiger partial charge in [0, 0.05) is 19.0 Å². The van der Waals surface area contributed by atoms with Crippen molar-refractivity contribution in [3.05, 3.63) is 40.1 Å². The molecule has 1 N–H and O–H groups in total. The molecule has 0 saturated heterocycles. The second-order valence-electron chi connectivity index (χ2n) is 4.51. The van der Waals surface area contributed by atoms with Crippen molar-refractivity contribution in [2.75, 3.05) is 12.4 Å². The van der Waals surface area contributed by atoms with Gasteiger partial charge < -0.3 is 10.1 Å². The third-order valence-corrected chi connectivity index (χ3v) is 3.42. The van der Waals surface area contributed by atoms with Crippen LogP contribution in [0.25, 0.3) is 0 Å². The van der Waals surface area contributed by atoms with Crippen molar-refractivity contribution in [1.82, 2.24) is 9.97 Å². The van der Waals surface area contributed by atoms with Crippen molar-refractivity contribution in [3.8, 4) is 11.6 Å². The first-order chi connectivity index (χ1) is 9.51. The van der Waals surface area contributed by atoms with Gasteiger partial charge in [0.25, 0.3) is 0 Å². The van der Waals surface area contributed by atoms with Crippen LogP contribution in [0, 0.1) is 0 Å². The Morgan fingerprint density at radius 1 is 1.20 bits per heavy atom. The van der Waals surface area contributed by atoms with Crippen LogP contribution in [0.2, 0.25) is 10.0 Å². The van der Waals surface area contributed by atoms with Gasteiger partial charge in [0.2, 0.25) is 5.88 Å². The summed E-state index contributed by atoms with van der Waals surface area (Å²) in [6, 6.07) is 6.93. The third kappa shape index (κ3) is 3.32. The van der Waals surface area contributed by atoms with Crippen LogP contribution < -0.4 is 10.1 Å². The molecule has 0 amide bonds. The first-order valence-corrected chi connectivity index (χ1v) is 6.95. The van der Waals surface area contributed by atoms with Crippen LogP contribution in [0.15, 0.2) is 24.3 Å². The molecule has 0 fully saturated rings. The van der Waals surface area contributed by atoms with E-state index in [1.807, 2.05) is 13.8 Å². The van der Waals surface area contributed by atoms with Crippen LogP contribution in [-0.4, -0.2) is 17.0 Å². The Bertz CT molecular complexity index is 617. The molecule has 20 heavy (non-hydrogen) atoms. The monoisotopic (exact) mass is 311 g/mol. The summed E-state index contributed by atoms with van der Waals surface area (Å²) >= 11 is 12.1. The van der Waals surface area contributed by atoms with Crippen LogP contribution in [0.3, 0.4) is 0 Å². The highest BCUT2D eigenvalue weighted by atomic mass is 35.5. The van der Waals surface area contributed by atoms with Gasteiger partial charge in [-0.1, -0.05) is 43.1 Å². The first kappa shape index (κ1) is 14.9. The Balaban J connectivity index is 2.37. The molecule has 4 nitrogen and oxygen atoms in total. The minimum Gasteiger partial charge on any atom is -0.437 e. The molecule has 0 atom stereocenters. The van der Waals surface area contributed by atoms with Gasteiger partial charge in [0.05, 0.1) is 5.02 Å². The first-order valence-electron chi connectivity index (χ1n) is 6.20. The Labute approximate surface area is 128 Å². The molecule has 1 aromatic carbocycles. The van der Waals surface area contributed by atoms with Gasteiger partial charge in [-0.2, -0.15) is 4.98 Å². The van der Waals surface area contributed by atoms with E-state index < -0.39 is 0 Å². The lowest BCUT2D eigenvalue weighted by Crippen LogP contribution is -2.03. The molecule has 0 saturated carbocycles. The van der Waals surface area contributed by atoms with Gasteiger partial charge in [-0.05, 0) is 12.1 Å². The standard InChI is InChI=1S/C14H15Cl2N3O/c1-8(2)14-18-11(17-3)7-12(19-14)20-10-6-4-5-9(15)13(10)16/h4-8H,1-3H3,(H,17,18,19). The lowest BCUT2D eigenvalue weighted by atomic mass is 10.2. The summed E-state index contributed by atoms with van der Waals surface area (Å²) in [4.78, 5) is 8.74. The number of rotatable bonds is 4. The average Bonchev–Trinajstić information content (AvgIpc) is 2.43. The second kappa shape index (κ2) is 6.29. The number of hydrogen-bond acceptors (Lipinski definition) is 4. The molecular weight excluding hydrogens is 297 g/mol. The molecule has 6 heteroatoms. The maximum absolute atomic E-state index is 6.10. The highest BCUT2D eigenvalue weighted by Crippen LogP contribution is 2.34. The van der Waals surface area contributed by atoms with Gasteiger partial charge in [-0.25, -0.2) is 4.98 Å². The molecule has 1 aromatic heterocycles. The fraction of sp³-hybridized carbons (Fsp3) is 0.286. The number of aromatic nitrogens is 2. The van der Waals surface area contributed by atoms with E-state index in [1.54, 1.807) is 31.3 Å². The fourth-order valence-electron chi connectivity index (χ4n) is 1.56. The van der Waals surface area contributed by atoms with Gasteiger partial charge in [-0.3, -0.25) is 0 Å². The number of hydrogen-bond donors (Lipinski definition) is 1. The predicted molar refractivity (Wildman–Crippen MR) is 82.2 cm³/mol. The van der Waals surface area contributed by atoms with Crippen LogP contribution in [0.4, 0.5) is 5.82 Å². The zero-order chi connectivity index (χ0) is 14.7. The maximum atomic E-state index is 6.10. The molecule has 2 aromatic rings. The van der Waals surface area contributed by atoms with E-state index in [-0.39, 0.29) is 5.92 Å². The van der Waals surface area contributed by atoms with Crippen LogP contribution in [-0.2, 0) is 0 Å². The summed E-state index contributed by atoms with van der Waals surface area (Å²) < 4.78 is 5.72. The van der Waals surface area contributed by atoms with Crippen molar-refractivity contribution in [3.63, 3.8) is 0 Å². The number of benzene rings is 1. The highest BCUT2D eigenvalue weighted by molar-refractivity contribution is 6.42. The van der Waals surface area contributed by atoms with E-state index in [2.05, 4.69) is 15.3 Å². The molecule has 0 aliphatic rings. The zero-order valence-electron chi connectivity index (χ0n) is 11.4. The van der Waals surface area contributed by atoms with Gasteiger partial charge in [0.15, 0.2) is 0 Å².